The molecule has 0 aliphatic carbocycles. The van der Waals surface area contributed by atoms with E-state index < -0.39 is 6.04 Å². The van der Waals surface area contributed by atoms with Gasteiger partial charge in [-0.25, -0.2) is 4.79 Å². The molecule has 1 N–H and O–H groups in total. The molecule has 2 rings (SSSR count). The monoisotopic (exact) mass is 268 g/mol. The van der Waals surface area contributed by atoms with E-state index in [0.29, 0.717) is 12.1 Å². The second-order valence-corrected chi connectivity index (χ2v) is 4.45. The van der Waals surface area contributed by atoms with Gasteiger partial charge in [0.1, 0.15) is 6.04 Å². The van der Waals surface area contributed by atoms with Crippen molar-refractivity contribution >= 4 is 23.5 Å². The van der Waals surface area contributed by atoms with Crippen molar-refractivity contribution in [2.24, 2.45) is 0 Å². The number of rotatable bonds is 4. The van der Waals surface area contributed by atoms with Crippen LogP contribution in [0.1, 0.15) is 25.5 Å². The second kappa shape index (κ2) is 5.30. The van der Waals surface area contributed by atoms with Gasteiger partial charge in [-0.15, -0.1) is 5.10 Å². The van der Waals surface area contributed by atoms with E-state index in [0.717, 1.165) is 11.3 Å². The molecular weight excluding hydrogens is 256 g/mol. The molecule has 1 aliphatic heterocycles. The number of amides is 3. The van der Waals surface area contributed by atoms with Crippen molar-refractivity contribution in [3.05, 3.63) is 23.0 Å². The standard InChI is InChI=1S/C11H13ClN4O2/c1-2-3-8-10(17)16(11(18)13-8)6-7-4-5-9(12)15-14-7/h4-5,8H,2-3,6H2,1H3,(H,13,18). The van der Waals surface area contributed by atoms with Crippen molar-refractivity contribution in [3.8, 4) is 0 Å². The Bertz CT molecular complexity index is 463. The van der Waals surface area contributed by atoms with Gasteiger partial charge >= 0.3 is 6.03 Å². The molecule has 18 heavy (non-hydrogen) atoms. The maximum absolute atomic E-state index is 11.9. The number of hydrogen-bond acceptors (Lipinski definition) is 4. The van der Waals surface area contributed by atoms with Gasteiger partial charge in [-0.3, -0.25) is 9.69 Å². The zero-order chi connectivity index (χ0) is 13.1. The van der Waals surface area contributed by atoms with Crippen LogP contribution in [0.3, 0.4) is 0 Å². The number of imide groups is 1. The lowest BCUT2D eigenvalue weighted by atomic mass is 10.1. The summed E-state index contributed by atoms with van der Waals surface area (Å²) in [6.07, 6.45) is 1.48. The third kappa shape index (κ3) is 2.59. The molecule has 0 aromatic carbocycles. The molecule has 0 radical (unpaired) electrons. The van der Waals surface area contributed by atoms with Crippen LogP contribution in [0.15, 0.2) is 12.1 Å². The first-order valence-corrected chi connectivity index (χ1v) is 6.09. The molecule has 2 heterocycles. The van der Waals surface area contributed by atoms with Crippen LogP contribution in [-0.4, -0.2) is 33.1 Å². The molecule has 7 heteroatoms. The Kier molecular flexibility index (Phi) is 3.76. The molecule has 1 atom stereocenters. The fourth-order valence-corrected chi connectivity index (χ4v) is 1.90. The topological polar surface area (TPSA) is 75.2 Å². The van der Waals surface area contributed by atoms with Crippen LogP contribution in [0, 0.1) is 0 Å². The summed E-state index contributed by atoms with van der Waals surface area (Å²) in [6, 6.07) is 2.42. The van der Waals surface area contributed by atoms with Gasteiger partial charge in [-0.2, -0.15) is 5.10 Å². The molecule has 1 fully saturated rings. The molecule has 1 aliphatic rings. The minimum absolute atomic E-state index is 0.120. The molecule has 6 nitrogen and oxygen atoms in total. The van der Waals surface area contributed by atoms with Crippen LogP contribution in [0.5, 0.6) is 0 Å². The summed E-state index contributed by atoms with van der Waals surface area (Å²) in [5, 5.41) is 10.4. The van der Waals surface area contributed by atoms with Crippen molar-refractivity contribution in [2.45, 2.75) is 32.4 Å². The van der Waals surface area contributed by atoms with E-state index >= 15 is 0 Å². The molecule has 3 amide bonds. The quantitative estimate of drug-likeness (QED) is 0.837. The predicted octanol–water partition coefficient (Wildman–Crippen LogP) is 1.35. The number of nitrogens with one attached hydrogen (secondary N) is 1. The van der Waals surface area contributed by atoms with Crippen molar-refractivity contribution < 1.29 is 9.59 Å². The van der Waals surface area contributed by atoms with Gasteiger partial charge in [-0.1, -0.05) is 24.9 Å². The van der Waals surface area contributed by atoms with E-state index in [9.17, 15) is 9.59 Å². The van der Waals surface area contributed by atoms with Gasteiger partial charge in [0.15, 0.2) is 5.15 Å². The lowest BCUT2D eigenvalue weighted by Crippen LogP contribution is -2.31. The Hall–Kier alpha value is -1.69. The maximum Gasteiger partial charge on any atom is 0.325 e. The van der Waals surface area contributed by atoms with Crippen LogP contribution in [0.25, 0.3) is 0 Å². The summed E-state index contributed by atoms with van der Waals surface area (Å²) < 4.78 is 0. The van der Waals surface area contributed by atoms with Gasteiger partial charge in [0, 0.05) is 0 Å². The Balaban J connectivity index is 2.07. The Morgan fingerprint density at radius 1 is 1.39 bits per heavy atom. The van der Waals surface area contributed by atoms with Crippen LogP contribution in [0.2, 0.25) is 5.15 Å². The lowest BCUT2D eigenvalue weighted by molar-refractivity contribution is -0.128. The van der Waals surface area contributed by atoms with Crippen LogP contribution < -0.4 is 5.32 Å². The first kappa shape index (κ1) is 12.8. The van der Waals surface area contributed by atoms with Gasteiger partial charge in [0.05, 0.1) is 12.2 Å². The number of carbonyl (C=O) groups is 2. The molecule has 96 valence electrons. The largest absolute Gasteiger partial charge is 0.326 e. The normalized spacial score (nSPS) is 19.2. The third-order valence-electron chi connectivity index (χ3n) is 2.69. The average molecular weight is 269 g/mol. The minimum atomic E-state index is -0.414. The number of urea groups is 1. The summed E-state index contributed by atoms with van der Waals surface area (Å²) in [5.41, 5.74) is 0.528. The first-order chi connectivity index (χ1) is 8.61. The van der Waals surface area contributed by atoms with E-state index in [-0.39, 0.29) is 23.6 Å². The number of carbonyl (C=O) groups excluding carboxylic acids is 2. The Labute approximate surface area is 109 Å². The smallest absolute Gasteiger partial charge is 0.325 e. The average Bonchev–Trinajstić information content (AvgIpc) is 2.60. The third-order valence-corrected chi connectivity index (χ3v) is 2.89. The zero-order valence-electron chi connectivity index (χ0n) is 9.89. The summed E-state index contributed by atoms with van der Waals surface area (Å²) >= 11 is 5.62. The highest BCUT2D eigenvalue weighted by molar-refractivity contribution is 6.29. The Morgan fingerprint density at radius 3 is 2.78 bits per heavy atom. The highest BCUT2D eigenvalue weighted by Gasteiger charge is 2.37. The SMILES string of the molecule is CCCC1NC(=O)N(Cc2ccc(Cl)nn2)C1=O. The van der Waals surface area contributed by atoms with E-state index in [1.165, 1.54) is 0 Å². The second-order valence-electron chi connectivity index (χ2n) is 4.06. The lowest BCUT2D eigenvalue weighted by Gasteiger charge is -2.11. The van der Waals surface area contributed by atoms with E-state index in [1.54, 1.807) is 12.1 Å². The van der Waals surface area contributed by atoms with Gasteiger partial charge in [-0.05, 0) is 18.6 Å². The summed E-state index contributed by atoms with van der Waals surface area (Å²) in [4.78, 5) is 24.8. The minimum Gasteiger partial charge on any atom is -0.326 e. The van der Waals surface area contributed by atoms with E-state index in [4.69, 9.17) is 11.6 Å². The molecule has 1 unspecified atom stereocenters. The molecule has 0 bridgehead atoms. The van der Waals surface area contributed by atoms with E-state index in [1.807, 2.05) is 6.92 Å². The molecule has 1 saturated heterocycles. The maximum atomic E-state index is 11.9. The molecule has 0 spiro atoms. The highest BCUT2D eigenvalue weighted by atomic mass is 35.5. The zero-order valence-corrected chi connectivity index (χ0v) is 10.6. The fraction of sp³-hybridized carbons (Fsp3) is 0.455. The molecule has 0 saturated carbocycles. The first-order valence-electron chi connectivity index (χ1n) is 5.71. The van der Waals surface area contributed by atoms with Crippen LogP contribution in [-0.2, 0) is 11.3 Å². The van der Waals surface area contributed by atoms with Crippen molar-refractivity contribution in [1.82, 2.24) is 20.4 Å². The van der Waals surface area contributed by atoms with Crippen LogP contribution in [0.4, 0.5) is 4.79 Å². The predicted molar refractivity (Wildman–Crippen MR) is 64.8 cm³/mol. The van der Waals surface area contributed by atoms with Crippen molar-refractivity contribution in [2.75, 3.05) is 0 Å². The summed E-state index contributed by atoms with van der Waals surface area (Å²) in [6.45, 7) is 2.09. The number of nitrogens with zero attached hydrogens (tertiary/aromatic N) is 3. The summed E-state index contributed by atoms with van der Waals surface area (Å²) in [5.74, 6) is -0.210. The van der Waals surface area contributed by atoms with Crippen molar-refractivity contribution in [1.29, 1.82) is 0 Å². The van der Waals surface area contributed by atoms with E-state index in [2.05, 4.69) is 15.5 Å². The Morgan fingerprint density at radius 2 is 2.17 bits per heavy atom. The highest BCUT2D eigenvalue weighted by Crippen LogP contribution is 2.14. The summed E-state index contributed by atoms with van der Waals surface area (Å²) in [7, 11) is 0. The molecule has 1 aromatic heterocycles. The van der Waals surface area contributed by atoms with Crippen molar-refractivity contribution in [3.63, 3.8) is 0 Å². The number of halogens is 1. The van der Waals surface area contributed by atoms with Gasteiger partial charge in [0.2, 0.25) is 0 Å². The van der Waals surface area contributed by atoms with Gasteiger partial charge < -0.3 is 5.32 Å². The molecule has 1 aromatic rings. The number of hydrogen-bond donors (Lipinski definition) is 1. The van der Waals surface area contributed by atoms with Crippen LogP contribution >= 0.6 is 11.6 Å². The van der Waals surface area contributed by atoms with Gasteiger partial charge in [0.25, 0.3) is 5.91 Å². The fourth-order valence-electron chi connectivity index (χ4n) is 1.80. The molecular formula is C11H13ClN4O2. The number of aromatic nitrogens is 2.